The van der Waals surface area contributed by atoms with Crippen LogP contribution in [0.5, 0.6) is 11.5 Å². The average molecular weight is 381 g/mol. The number of ether oxygens (including phenoxy) is 2. The number of carbonyl (C=O) groups is 3. The molecule has 0 spiro atoms. The van der Waals surface area contributed by atoms with Crippen molar-refractivity contribution >= 4 is 17.6 Å². The molecule has 2 aromatic carbocycles. The molecule has 0 aromatic heterocycles. The van der Waals surface area contributed by atoms with Gasteiger partial charge in [-0.3, -0.25) is 19.3 Å². The third-order valence-electron chi connectivity index (χ3n) is 5.26. The highest BCUT2D eigenvalue weighted by Gasteiger charge is 2.48. The summed E-state index contributed by atoms with van der Waals surface area (Å²) in [5.74, 6) is 0.279. The summed E-state index contributed by atoms with van der Waals surface area (Å²) < 4.78 is 10.4. The number of amides is 2. The highest BCUT2D eigenvalue weighted by molar-refractivity contribution is 6.15. The van der Waals surface area contributed by atoms with Gasteiger partial charge in [0, 0.05) is 24.1 Å². The summed E-state index contributed by atoms with van der Waals surface area (Å²) in [6.07, 6.45) is -0.0535. The number of likely N-dealkylation sites (N-methyl/N-ethyl adjacent to an activating group) is 1. The molecule has 0 N–H and O–H groups in total. The lowest BCUT2D eigenvalue weighted by Crippen LogP contribution is -2.53. The average Bonchev–Trinajstić information content (AvgIpc) is 2.72. The minimum absolute atomic E-state index is 0.0535. The van der Waals surface area contributed by atoms with Gasteiger partial charge in [-0.1, -0.05) is 0 Å². The molecular formula is C22H23NO5. The molecule has 28 heavy (non-hydrogen) atoms. The van der Waals surface area contributed by atoms with Crippen LogP contribution in [0.15, 0.2) is 42.5 Å². The highest BCUT2D eigenvalue weighted by Crippen LogP contribution is 2.40. The van der Waals surface area contributed by atoms with E-state index in [-0.39, 0.29) is 30.6 Å². The van der Waals surface area contributed by atoms with Crippen LogP contribution in [0.3, 0.4) is 0 Å². The topological polar surface area (TPSA) is 72.9 Å². The molecule has 0 radical (unpaired) electrons. The molecule has 6 nitrogen and oxygen atoms in total. The van der Waals surface area contributed by atoms with Gasteiger partial charge in [0.15, 0.2) is 5.78 Å². The molecule has 6 heteroatoms. The van der Waals surface area contributed by atoms with Crippen LogP contribution in [0.1, 0.15) is 46.5 Å². The van der Waals surface area contributed by atoms with Crippen molar-refractivity contribution in [2.75, 3.05) is 20.8 Å². The lowest BCUT2D eigenvalue weighted by Gasteiger charge is -2.39. The summed E-state index contributed by atoms with van der Waals surface area (Å²) in [5, 5.41) is 0. The molecule has 0 fully saturated rings. The van der Waals surface area contributed by atoms with Gasteiger partial charge >= 0.3 is 0 Å². The third-order valence-corrected chi connectivity index (χ3v) is 5.26. The first-order chi connectivity index (χ1) is 13.3. The molecule has 1 atom stereocenters. The van der Waals surface area contributed by atoms with Crippen molar-refractivity contribution in [1.82, 2.24) is 4.90 Å². The first-order valence-electron chi connectivity index (χ1n) is 9.07. The Morgan fingerprint density at radius 3 is 2.18 bits per heavy atom. The number of methoxy groups -OCH3 is 2. The Kier molecular flexibility index (Phi) is 5.23. The van der Waals surface area contributed by atoms with Crippen LogP contribution < -0.4 is 9.47 Å². The number of ketones is 1. The number of rotatable bonds is 6. The maximum atomic E-state index is 13.2. The Balaban J connectivity index is 2.05. The van der Waals surface area contributed by atoms with E-state index in [4.69, 9.17) is 9.47 Å². The Hall–Kier alpha value is -3.15. The van der Waals surface area contributed by atoms with Crippen molar-refractivity contribution in [3.05, 3.63) is 59.2 Å². The third kappa shape index (κ3) is 3.15. The molecule has 1 heterocycles. The van der Waals surface area contributed by atoms with Crippen molar-refractivity contribution < 1.29 is 23.9 Å². The van der Waals surface area contributed by atoms with E-state index in [0.29, 0.717) is 28.2 Å². The lowest BCUT2D eigenvalue weighted by molar-refractivity contribution is -0.134. The number of carbonyl (C=O) groups excluding carboxylic acids is 3. The van der Waals surface area contributed by atoms with Gasteiger partial charge in [0.1, 0.15) is 11.5 Å². The van der Waals surface area contributed by atoms with Gasteiger partial charge < -0.3 is 9.47 Å². The fraction of sp³-hybridized carbons (Fsp3) is 0.318. The predicted octanol–water partition coefficient (Wildman–Crippen LogP) is 3.24. The van der Waals surface area contributed by atoms with Gasteiger partial charge in [-0.15, -0.1) is 0 Å². The largest absolute Gasteiger partial charge is 0.497 e. The summed E-state index contributed by atoms with van der Waals surface area (Å²) in [7, 11) is 3.08. The van der Waals surface area contributed by atoms with Crippen LogP contribution >= 0.6 is 0 Å². The number of imide groups is 1. The molecule has 1 aliphatic heterocycles. The van der Waals surface area contributed by atoms with Crippen LogP contribution in [-0.2, 0) is 10.2 Å². The number of benzene rings is 2. The zero-order chi connectivity index (χ0) is 20.5. The van der Waals surface area contributed by atoms with Gasteiger partial charge in [0.25, 0.3) is 5.91 Å². The SMILES string of the molecule is CCN1C(=O)c2ccc(OC)cc2C(C)(CC(=O)c2ccc(OC)cc2)C1=O. The van der Waals surface area contributed by atoms with Crippen molar-refractivity contribution in [3.63, 3.8) is 0 Å². The minimum Gasteiger partial charge on any atom is -0.497 e. The van der Waals surface area contributed by atoms with E-state index in [9.17, 15) is 14.4 Å². The molecule has 3 rings (SSSR count). The van der Waals surface area contributed by atoms with E-state index in [1.165, 1.54) is 12.0 Å². The lowest BCUT2D eigenvalue weighted by atomic mass is 9.71. The van der Waals surface area contributed by atoms with E-state index in [0.717, 1.165) is 0 Å². The molecule has 146 valence electrons. The molecule has 2 amide bonds. The molecule has 0 saturated heterocycles. The van der Waals surface area contributed by atoms with Gasteiger partial charge in [0.05, 0.1) is 19.6 Å². The van der Waals surface area contributed by atoms with E-state index in [1.54, 1.807) is 63.4 Å². The van der Waals surface area contributed by atoms with Gasteiger partial charge in [-0.25, -0.2) is 0 Å². The molecule has 0 aliphatic carbocycles. The van der Waals surface area contributed by atoms with Crippen LogP contribution in [0, 0.1) is 0 Å². The van der Waals surface area contributed by atoms with Crippen LogP contribution in [-0.4, -0.2) is 43.3 Å². The Morgan fingerprint density at radius 2 is 1.61 bits per heavy atom. The highest BCUT2D eigenvalue weighted by atomic mass is 16.5. The van der Waals surface area contributed by atoms with Crippen LogP contribution in [0.25, 0.3) is 0 Å². The zero-order valence-corrected chi connectivity index (χ0v) is 16.4. The first kappa shape index (κ1) is 19.6. The van der Waals surface area contributed by atoms with Crippen molar-refractivity contribution in [1.29, 1.82) is 0 Å². The molecule has 1 aliphatic rings. The minimum atomic E-state index is -1.16. The second kappa shape index (κ2) is 7.46. The molecule has 0 bridgehead atoms. The molecule has 2 aromatic rings. The number of Topliss-reactive ketones (excluding diaryl/α,β-unsaturated/α-hetero) is 1. The quantitative estimate of drug-likeness (QED) is 0.567. The summed E-state index contributed by atoms with van der Waals surface area (Å²) in [5.41, 5.74) is 0.269. The Labute approximate surface area is 164 Å². The number of fused-ring (bicyclic) bond motifs is 1. The van der Waals surface area contributed by atoms with E-state index >= 15 is 0 Å². The Morgan fingerprint density at radius 1 is 1.00 bits per heavy atom. The van der Waals surface area contributed by atoms with E-state index in [1.807, 2.05) is 0 Å². The van der Waals surface area contributed by atoms with Crippen LogP contribution in [0.2, 0.25) is 0 Å². The standard InChI is InChI=1S/C22H23NO5/c1-5-23-20(25)17-11-10-16(28-4)12-18(17)22(2,21(23)26)13-19(24)14-6-8-15(27-3)9-7-14/h6-12H,5,13H2,1-4H3. The molecule has 0 saturated carbocycles. The van der Waals surface area contributed by atoms with Crippen molar-refractivity contribution in [3.8, 4) is 11.5 Å². The van der Waals surface area contributed by atoms with Gasteiger partial charge in [-0.2, -0.15) is 0 Å². The second-order valence-electron chi connectivity index (χ2n) is 6.93. The number of hydrogen-bond acceptors (Lipinski definition) is 5. The van der Waals surface area contributed by atoms with E-state index < -0.39 is 5.41 Å². The predicted molar refractivity (Wildman–Crippen MR) is 104 cm³/mol. The van der Waals surface area contributed by atoms with Gasteiger partial charge in [0.2, 0.25) is 5.91 Å². The number of nitrogens with zero attached hydrogens (tertiary/aromatic N) is 1. The summed E-state index contributed by atoms with van der Waals surface area (Å²) in [6, 6.07) is 11.8. The molecular weight excluding hydrogens is 358 g/mol. The normalized spacial score (nSPS) is 18.6. The summed E-state index contributed by atoms with van der Waals surface area (Å²) in [4.78, 5) is 40.1. The number of hydrogen-bond donors (Lipinski definition) is 0. The fourth-order valence-electron chi connectivity index (χ4n) is 3.60. The summed E-state index contributed by atoms with van der Waals surface area (Å²) >= 11 is 0. The monoisotopic (exact) mass is 381 g/mol. The Bertz CT molecular complexity index is 934. The van der Waals surface area contributed by atoms with Crippen LogP contribution in [0.4, 0.5) is 0 Å². The second-order valence-corrected chi connectivity index (χ2v) is 6.93. The fourth-order valence-corrected chi connectivity index (χ4v) is 3.60. The van der Waals surface area contributed by atoms with Crippen molar-refractivity contribution in [2.24, 2.45) is 0 Å². The van der Waals surface area contributed by atoms with Gasteiger partial charge in [-0.05, 0) is 61.9 Å². The first-order valence-corrected chi connectivity index (χ1v) is 9.07. The summed E-state index contributed by atoms with van der Waals surface area (Å²) in [6.45, 7) is 3.70. The maximum absolute atomic E-state index is 13.2. The zero-order valence-electron chi connectivity index (χ0n) is 16.4. The van der Waals surface area contributed by atoms with Crippen molar-refractivity contribution in [2.45, 2.75) is 25.7 Å². The maximum Gasteiger partial charge on any atom is 0.260 e. The van der Waals surface area contributed by atoms with E-state index in [2.05, 4.69) is 0 Å². The smallest absolute Gasteiger partial charge is 0.260 e. The molecule has 1 unspecified atom stereocenters.